The summed E-state index contributed by atoms with van der Waals surface area (Å²) in [5, 5.41) is 17.6. The Morgan fingerprint density at radius 2 is 1.44 bits per heavy atom. The van der Waals surface area contributed by atoms with Crippen molar-refractivity contribution in [3.63, 3.8) is 0 Å². The fraction of sp³-hybridized carbons (Fsp3) is 0.833. The molecule has 0 rings (SSSR count). The molecule has 0 unspecified atom stereocenters. The molecule has 0 radical (unpaired) electrons. The lowest BCUT2D eigenvalue weighted by atomic mass is 9.77. The van der Waals surface area contributed by atoms with Crippen LogP contribution in [0.25, 0.3) is 0 Å². The molecule has 0 fully saturated rings. The van der Waals surface area contributed by atoms with Gasteiger partial charge in [-0.1, -0.05) is 13.8 Å². The molecule has 4 heteroatoms. The van der Waals surface area contributed by atoms with Gasteiger partial charge < -0.3 is 10.2 Å². The number of hydrogen-bond acceptors (Lipinski definition) is 2. The first kappa shape index (κ1) is 14.9. The standard InChI is InChI=1S/C12H22O4/c1-11(2,6-5-9(13)14)7-8-12(3,4)10(15)16/h5-8H2,1-4H3,(H,13,14)(H,15,16). The van der Waals surface area contributed by atoms with E-state index in [-0.39, 0.29) is 11.8 Å². The van der Waals surface area contributed by atoms with Crippen LogP contribution in [-0.4, -0.2) is 22.2 Å². The maximum absolute atomic E-state index is 10.9. The molecule has 0 amide bonds. The van der Waals surface area contributed by atoms with Crippen molar-refractivity contribution in [2.45, 2.75) is 53.4 Å². The quantitative estimate of drug-likeness (QED) is 0.705. The van der Waals surface area contributed by atoms with E-state index in [0.717, 1.165) is 6.42 Å². The molecule has 16 heavy (non-hydrogen) atoms. The van der Waals surface area contributed by atoms with Gasteiger partial charge in [-0.25, -0.2) is 0 Å². The van der Waals surface area contributed by atoms with E-state index < -0.39 is 17.4 Å². The van der Waals surface area contributed by atoms with Gasteiger partial charge in [-0.2, -0.15) is 0 Å². The second-order valence-corrected chi connectivity index (χ2v) is 5.75. The highest BCUT2D eigenvalue weighted by Gasteiger charge is 2.30. The second-order valence-electron chi connectivity index (χ2n) is 5.75. The van der Waals surface area contributed by atoms with Gasteiger partial charge in [-0.05, 0) is 38.5 Å². The van der Waals surface area contributed by atoms with E-state index >= 15 is 0 Å². The summed E-state index contributed by atoms with van der Waals surface area (Å²) in [4.78, 5) is 21.4. The third-order valence-electron chi connectivity index (χ3n) is 3.02. The summed E-state index contributed by atoms with van der Waals surface area (Å²) in [6.45, 7) is 7.35. The Morgan fingerprint density at radius 1 is 0.938 bits per heavy atom. The van der Waals surface area contributed by atoms with E-state index in [1.54, 1.807) is 13.8 Å². The Bertz CT molecular complexity index is 266. The first-order valence-electron chi connectivity index (χ1n) is 5.52. The van der Waals surface area contributed by atoms with Gasteiger partial charge in [-0.3, -0.25) is 9.59 Å². The zero-order chi connectivity index (χ0) is 13.0. The highest BCUT2D eigenvalue weighted by molar-refractivity contribution is 5.73. The van der Waals surface area contributed by atoms with Crippen molar-refractivity contribution in [2.75, 3.05) is 0 Å². The van der Waals surface area contributed by atoms with Crippen LogP contribution in [-0.2, 0) is 9.59 Å². The van der Waals surface area contributed by atoms with E-state index in [1.807, 2.05) is 13.8 Å². The molecule has 0 spiro atoms. The van der Waals surface area contributed by atoms with Crippen LogP contribution in [0.3, 0.4) is 0 Å². The average Bonchev–Trinajstić information content (AvgIpc) is 2.12. The molecule has 0 aromatic carbocycles. The van der Waals surface area contributed by atoms with Crippen LogP contribution in [0.2, 0.25) is 0 Å². The van der Waals surface area contributed by atoms with Gasteiger partial charge in [0.05, 0.1) is 5.41 Å². The molecule has 0 aliphatic carbocycles. The summed E-state index contributed by atoms with van der Waals surface area (Å²) in [6.07, 6.45) is 2.01. The summed E-state index contributed by atoms with van der Waals surface area (Å²) in [7, 11) is 0. The predicted molar refractivity (Wildman–Crippen MR) is 61.3 cm³/mol. The maximum Gasteiger partial charge on any atom is 0.309 e. The number of hydrogen-bond donors (Lipinski definition) is 2. The van der Waals surface area contributed by atoms with E-state index in [9.17, 15) is 9.59 Å². The highest BCUT2D eigenvalue weighted by atomic mass is 16.4. The fourth-order valence-electron chi connectivity index (χ4n) is 1.33. The molecular weight excluding hydrogens is 208 g/mol. The summed E-state index contributed by atoms with van der Waals surface area (Å²) >= 11 is 0. The largest absolute Gasteiger partial charge is 0.481 e. The van der Waals surface area contributed by atoms with E-state index in [4.69, 9.17) is 10.2 Å². The Balaban J connectivity index is 4.17. The molecule has 0 saturated carbocycles. The van der Waals surface area contributed by atoms with Gasteiger partial charge in [0.1, 0.15) is 0 Å². The first-order valence-corrected chi connectivity index (χ1v) is 5.52. The van der Waals surface area contributed by atoms with Crippen LogP contribution in [0.4, 0.5) is 0 Å². The number of rotatable bonds is 7. The van der Waals surface area contributed by atoms with Crippen molar-refractivity contribution in [2.24, 2.45) is 10.8 Å². The van der Waals surface area contributed by atoms with E-state index in [0.29, 0.717) is 12.8 Å². The van der Waals surface area contributed by atoms with Crippen molar-refractivity contribution >= 4 is 11.9 Å². The van der Waals surface area contributed by atoms with Crippen molar-refractivity contribution < 1.29 is 19.8 Å². The molecule has 2 N–H and O–H groups in total. The summed E-state index contributed by atoms with van der Waals surface area (Å²) in [5.41, 5.74) is -0.856. The maximum atomic E-state index is 10.9. The Labute approximate surface area is 96.7 Å². The third kappa shape index (κ3) is 5.73. The molecule has 0 heterocycles. The SMILES string of the molecule is CC(C)(CCC(=O)O)CCC(C)(C)C(=O)O. The van der Waals surface area contributed by atoms with Crippen LogP contribution < -0.4 is 0 Å². The Hall–Kier alpha value is -1.06. The van der Waals surface area contributed by atoms with Gasteiger partial charge in [0.15, 0.2) is 0 Å². The summed E-state index contributed by atoms with van der Waals surface area (Å²) in [5.74, 6) is -1.60. The van der Waals surface area contributed by atoms with Crippen molar-refractivity contribution in [3.05, 3.63) is 0 Å². The molecule has 0 aromatic heterocycles. The Kier molecular flexibility index (Phi) is 4.97. The van der Waals surface area contributed by atoms with Gasteiger partial charge in [0.25, 0.3) is 0 Å². The first-order chi connectivity index (χ1) is 7.07. The Morgan fingerprint density at radius 3 is 1.81 bits per heavy atom. The molecule has 0 atom stereocenters. The lowest BCUT2D eigenvalue weighted by molar-refractivity contribution is -0.147. The topological polar surface area (TPSA) is 74.6 Å². The number of carbonyl (C=O) groups is 2. The molecular formula is C12H22O4. The van der Waals surface area contributed by atoms with Crippen molar-refractivity contribution in [1.82, 2.24) is 0 Å². The van der Waals surface area contributed by atoms with Crippen LogP contribution in [0.15, 0.2) is 0 Å². The number of carboxylic acid groups (broad SMARTS) is 2. The minimum atomic E-state index is -0.804. The monoisotopic (exact) mass is 230 g/mol. The smallest absolute Gasteiger partial charge is 0.309 e. The second kappa shape index (κ2) is 5.32. The zero-order valence-electron chi connectivity index (χ0n) is 10.5. The zero-order valence-corrected chi connectivity index (χ0v) is 10.5. The predicted octanol–water partition coefficient (Wildman–Crippen LogP) is 2.77. The van der Waals surface area contributed by atoms with Crippen LogP contribution in [0.1, 0.15) is 53.4 Å². The fourth-order valence-corrected chi connectivity index (χ4v) is 1.33. The van der Waals surface area contributed by atoms with Gasteiger partial charge >= 0.3 is 11.9 Å². The third-order valence-corrected chi connectivity index (χ3v) is 3.02. The summed E-state index contributed by atoms with van der Waals surface area (Å²) < 4.78 is 0. The molecule has 0 saturated heterocycles. The lowest BCUT2D eigenvalue weighted by Crippen LogP contribution is -2.26. The molecule has 0 aliphatic rings. The van der Waals surface area contributed by atoms with E-state index in [2.05, 4.69) is 0 Å². The van der Waals surface area contributed by atoms with Crippen LogP contribution in [0.5, 0.6) is 0 Å². The summed E-state index contributed by atoms with van der Waals surface area (Å²) in [6, 6.07) is 0. The van der Waals surface area contributed by atoms with E-state index in [1.165, 1.54) is 0 Å². The molecule has 0 aliphatic heterocycles. The number of aliphatic carboxylic acids is 2. The van der Waals surface area contributed by atoms with Crippen LogP contribution in [0, 0.1) is 10.8 Å². The average molecular weight is 230 g/mol. The van der Waals surface area contributed by atoms with Crippen molar-refractivity contribution in [3.8, 4) is 0 Å². The van der Waals surface area contributed by atoms with Gasteiger partial charge in [0.2, 0.25) is 0 Å². The molecule has 0 aromatic rings. The normalized spacial score (nSPS) is 12.5. The number of carboxylic acids is 2. The van der Waals surface area contributed by atoms with Crippen LogP contribution >= 0.6 is 0 Å². The molecule has 4 nitrogen and oxygen atoms in total. The van der Waals surface area contributed by atoms with Gasteiger partial charge in [-0.15, -0.1) is 0 Å². The minimum absolute atomic E-state index is 0.120. The molecule has 94 valence electrons. The lowest BCUT2D eigenvalue weighted by Gasteiger charge is -2.28. The minimum Gasteiger partial charge on any atom is -0.481 e. The van der Waals surface area contributed by atoms with Gasteiger partial charge in [0, 0.05) is 6.42 Å². The highest BCUT2D eigenvalue weighted by Crippen LogP contribution is 2.34. The van der Waals surface area contributed by atoms with Crippen molar-refractivity contribution in [1.29, 1.82) is 0 Å². The molecule has 0 bridgehead atoms.